The van der Waals surface area contributed by atoms with Gasteiger partial charge in [0.1, 0.15) is 5.75 Å². The number of hydrogen-bond donors (Lipinski definition) is 2. The third-order valence-electron chi connectivity index (χ3n) is 1.40. The highest BCUT2D eigenvalue weighted by Crippen LogP contribution is 2.21. The molecule has 1 rings (SSSR count). The van der Waals surface area contributed by atoms with Gasteiger partial charge in [-0.15, -0.1) is 0 Å². The highest BCUT2D eigenvalue weighted by Gasteiger charge is 1.98. The molecule has 0 bridgehead atoms. The molecule has 0 heterocycles. The van der Waals surface area contributed by atoms with Crippen LogP contribution in [0.15, 0.2) is 22.7 Å². The lowest BCUT2D eigenvalue weighted by Crippen LogP contribution is -2.05. The van der Waals surface area contributed by atoms with Gasteiger partial charge in [-0.05, 0) is 30.8 Å². The quantitative estimate of drug-likeness (QED) is 0.790. The van der Waals surface area contributed by atoms with E-state index in [1.807, 2.05) is 13.1 Å². The van der Waals surface area contributed by atoms with Crippen molar-refractivity contribution < 1.29 is 5.11 Å². The molecule has 0 saturated carbocycles. The molecule has 1 aromatic rings. The predicted molar refractivity (Wildman–Crippen MR) is 48.6 cm³/mol. The van der Waals surface area contributed by atoms with E-state index < -0.39 is 0 Å². The lowest BCUT2D eigenvalue weighted by molar-refractivity contribution is 0.474. The molecular weight excluding hydrogens is 206 g/mol. The van der Waals surface area contributed by atoms with Gasteiger partial charge in [-0.1, -0.05) is 15.9 Å². The minimum absolute atomic E-state index is 0.304. The molecule has 0 radical (unpaired) electrons. The van der Waals surface area contributed by atoms with Crippen LogP contribution in [0.5, 0.6) is 5.75 Å². The van der Waals surface area contributed by atoms with Crippen LogP contribution in [0.3, 0.4) is 0 Å². The number of phenols is 1. The van der Waals surface area contributed by atoms with E-state index in [0.717, 1.165) is 16.6 Å². The average Bonchev–Trinajstić information content (AvgIpc) is 1.98. The molecule has 2 N–H and O–H groups in total. The van der Waals surface area contributed by atoms with Crippen LogP contribution in [0.4, 0.5) is 0 Å². The summed E-state index contributed by atoms with van der Waals surface area (Å²) in [5.74, 6) is 0.304. The van der Waals surface area contributed by atoms with Crippen molar-refractivity contribution >= 4 is 15.9 Å². The fraction of sp³-hybridized carbons (Fsp3) is 0.250. The van der Waals surface area contributed by atoms with Gasteiger partial charge >= 0.3 is 0 Å². The summed E-state index contributed by atoms with van der Waals surface area (Å²) in [4.78, 5) is 0. The van der Waals surface area contributed by atoms with E-state index in [4.69, 9.17) is 5.11 Å². The Morgan fingerprint density at radius 1 is 1.55 bits per heavy atom. The Morgan fingerprint density at radius 2 is 2.27 bits per heavy atom. The molecule has 0 aliphatic rings. The topological polar surface area (TPSA) is 32.3 Å². The Hall–Kier alpha value is -0.540. The van der Waals surface area contributed by atoms with Crippen molar-refractivity contribution in [2.75, 3.05) is 7.05 Å². The van der Waals surface area contributed by atoms with Gasteiger partial charge in [0.05, 0.1) is 0 Å². The van der Waals surface area contributed by atoms with Crippen LogP contribution in [0.1, 0.15) is 5.56 Å². The van der Waals surface area contributed by atoms with Crippen LogP contribution in [-0.2, 0) is 6.54 Å². The van der Waals surface area contributed by atoms with E-state index in [0.29, 0.717) is 5.75 Å². The van der Waals surface area contributed by atoms with Crippen molar-refractivity contribution in [2.45, 2.75) is 6.54 Å². The third kappa shape index (κ3) is 2.20. The second-order valence-corrected chi connectivity index (χ2v) is 3.16. The molecule has 0 atom stereocenters. The van der Waals surface area contributed by atoms with Crippen LogP contribution in [-0.4, -0.2) is 12.2 Å². The van der Waals surface area contributed by atoms with Gasteiger partial charge in [0.2, 0.25) is 0 Å². The van der Waals surface area contributed by atoms with Gasteiger partial charge in [-0.25, -0.2) is 0 Å². The Morgan fingerprint density at radius 3 is 2.91 bits per heavy atom. The monoisotopic (exact) mass is 215 g/mol. The van der Waals surface area contributed by atoms with Crippen LogP contribution >= 0.6 is 15.9 Å². The van der Waals surface area contributed by atoms with Gasteiger partial charge in [-0.3, -0.25) is 0 Å². The SMILES string of the molecule is CNCc1cc(O)ccc1Br. The zero-order valence-electron chi connectivity index (χ0n) is 6.26. The van der Waals surface area contributed by atoms with E-state index in [9.17, 15) is 0 Å². The fourth-order valence-electron chi connectivity index (χ4n) is 0.887. The standard InChI is InChI=1S/C8H10BrNO/c1-10-5-6-4-7(11)2-3-8(6)9/h2-4,10-11H,5H2,1H3. The van der Waals surface area contributed by atoms with Gasteiger partial charge < -0.3 is 10.4 Å². The number of hydrogen-bond acceptors (Lipinski definition) is 2. The zero-order chi connectivity index (χ0) is 8.27. The number of halogens is 1. The molecule has 11 heavy (non-hydrogen) atoms. The molecule has 0 saturated heterocycles. The minimum Gasteiger partial charge on any atom is -0.508 e. The van der Waals surface area contributed by atoms with Gasteiger partial charge in [-0.2, -0.15) is 0 Å². The molecular formula is C8H10BrNO. The highest BCUT2D eigenvalue weighted by atomic mass is 79.9. The van der Waals surface area contributed by atoms with Crippen LogP contribution in [0, 0.1) is 0 Å². The summed E-state index contributed by atoms with van der Waals surface area (Å²) in [5.41, 5.74) is 1.06. The largest absolute Gasteiger partial charge is 0.508 e. The van der Waals surface area contributed by atoms with Crippen LogP contribution < -0.4 is 5.32 Å². The molecule has 60 valence electrons. The molecule has 3 heteroatoms. The first-order valence-corrected chi connectivity index (χ1v) is 4.15. The summed E-state index contributed by atoms with van der Waals surface area (Å²) >= 11 is 3.38. The second-order valence-electron chi connectivity index (χ2n) is 2.31. The molecule has 0 fully saturated rings. The zero-order valence-corrected chi connectivity index (χ0v) is 7.85. The van der Waals surface area contributed by atoms with Gasteiger partial charge in [0.25, 0.3) is 0 Å². The lowest BCUT2D eigenvalue weighted by atomic mass is 10.2. The Labute approximate surface area is 74.4 Å². The summed E-state index contributed by atoms with van der Waals surface area (Å²) in [6.07, 6.45) is 0. The third-order valence-corrected chi connectivity index (χ3v) is 2.17. The first-order chi connectivity index (χ1) is 5.24. The molecule has 0 aliphatic carbocycles. The Balaban J connectivity index is 2.93. The van der Waals surface area contributed by atoms with Gasteiger partial charge in [0, 0.05) is 11.0 Å². The lowest BCUT2D eigenvalue weighted by Gasteiger charge is -2.03. The van der Waals surface area contributed by atoms with Crippen LogP contribution in [0.2, 0.25) is 0 Å². The number of aromatic hydroxyl groups is 1. The first-order valence-electron chi connectivity index (χ1n) is 3.36. The number of nitrogens with one attached hydrogen (secondary N) is 1. The molecule has 1 aromatic carbocycles. The summed E-state index contributed by atoms with van der Waals surface area (Å²) in [7, 11) is 1.87. The van der Waals surface area contributed by atoms with Crippen molar-refractivity contribution in [1.29, 1.82) is 0 Å². The van der Waals surface area contributed by atoms with E-state index in [2.05, 4.69) is 21.2 Å². The molecule has 0 amide bonds. The highest BCUT2D eigenvalue weighted by molar-refractivity contribution is 9.10. The normalized spacial score (nSPS) is 10.0. The first kappa shape index (κ1) is 8.56. The van der Waals surface area contributed by atoms with Crippen molar-refractivity contribution in [1.82, 2.24) is 5.32 Å². The molecule has 2 nitrogen and oxygen atoms in total. The Kier molecular flexibility index (Phi) is 2.91. The van der Waals surface area contributed by atoms with Gasteiger partial charge in [0.15, 0.2) is 0 Å². The summed E-state index contributed by atoms with van der Waals surface area (Å²) in [6, 6.07) is 5.23. The number of rotatable bonds is 2. The van der Waals surface area contributed by atoms with E-state index in [1.165, 1.54) is 0 Å². The maximum absolute atomic E-state index is 9.12. The van der Waals surface area contributed by atoms with Crippen LogP contribution in [0.25, 0.3) is 0 Å². The summed E-state index contributed by atoms with van der Waals surface area (Å²) in [6.45, 7) is 0.759. The van der Waals surface area contributed by atoms with Crippen molar-refractivity contribution in [3.63, 3.8) is 0 Å². The van der Waals surface area contributed by atoms with Crippen molar-refractivity contribution in [3.8, 4) is 5.75 Å². The molecule has 0 spiro atoms. The van der Waals surface area contributed by atoms with Crippen molar-refractivity contribution in [2.24, 2.45) is 0 Å². The maximum Gasteiger partial charge on any atom is 0.115 e. The van der Waals surface area contributed by atoms with E-state index in [1.54, 1.807) is 12.1 Å². The average molecular weight is 216 g/mol. The second kappa shape index (κ2) is 3.74. The summed E-state index contributed by atoms with van der Waals surface area (Å²) in [5, 5.41) is 12.1. The van der Waals surface area contributed by atoms with E-state index >= 15 is 0 Å². The smallest absolute Gasteiger partial charge is 0.115 e. The van der Waals surface area contributed by atoms with E-state index in [-0.39, 0.29) is 0 Å². The fourth-order valence-corrected chi connectivity index (χ4v) is 1.27. The Bertz CT molecular complexity index is 250. The molecule has 0 aromatic heterocycles. The minimum atomic E-state index is 0.304. The summed E-state index contributed by atoms with van der Waals surface area (Å²) < 4.78 is 1.02. The predicted octanol–water partition coefficient (Wildman–Crippen LogP) is 1.87. The number of phenolic OH excluding ortho intramolecular Hbond substituents is 1. The number of benzene rings is 1. The molecule has 0 aliphatic heterocycles. The molecule has 0 unspecified atom stereocenters. The van der Waals surface area contributed by atoms with Crippen molar-refractivity contribution in [3.05, 3.63) is 28.2 Å². The maximum atomic E-state index is 9.12.